The molecule has 1 aromatic rings. The number of piperazine rings is 1. The molecule has 0 atom stereocenters. The summed E-state index contributed by atoms with van der Waals surface area (Å²) in [6.45, 7) is 8.32. The SMILES string of the molecule is CCOc1cncc(CCN2CCNCC2)c1. The van der Waals surface area contributed by atoms with Gasteiger partial charge < -0.3 is 15.0 Å². The molecule has 1 N–H and O–H groups in total. The molecule has 1 saturated heterocycles. The number of ether oxygens (including phenoxy) is 1. The molecule has 2 rings (SSSR count). The van der Waals surface area contributed by atoms with Gasteiger partial charge in [-0.2, -0.15) is 0 Å². The van der Waals surface area contributed by atoms with E-state index >= 15 is 0 Å². The number of hydrogen-bond donors (Lipinski definition) is 1. The third-order valence-corrected chi connectivity index (χ3v) is 3.01. The van der Waals surface area contributed by atoms with Gasteiger partial charge in [0.1, 0.15) is 5.75 Å². The molecule has 17 heavy (non-hydrogen) atoms. The standard InChI is InChI=1S/C13H21N3O/c1-2-17-13-9-12(10-15-11-13)3-6-16-7-4-14-5-8-16/h9-11,14H,2-8H2,1H3. The van der Waals surface area contributed by atoms with Gasteiger partial charge in [0.2, 0.25) is 0 Å². The fraction of sp³-hybridized carbons (Fsp3) is 0.615. The van der Waals surface area contributed by atoms with Gasteiger partial charge in [-0.3, -0.25) is 4.98 Å². The monoisotopic (exact) mass is 235 g/mol. The summed E-state index contributed by atoms with van der Waals surface area (Å²) >= 11 is 0. The first-order valence-corrected chi connectivity index (χ1v) is 6.38. The third kappa shape index (κ3) is 3.98. The lowest BCUT2D eigenvalue weighted by Crippen LogP contribution is -2.44. The summed E-state index contributed by atoms with van der Waals surface area (Å²) in [5, 5.41) is 3.36. The fourth-order valence-corrected chi connectivity index (χ4v) is 2.07. The average Bonchev–Trinajstić information content (AvgIpc) is 2.39. The highest BCUT2D eigenvalue weighted by Gasteiger charge is 2.09. The molecule has 4 heteroatoms. The molecule has 94 valence electrons. The molecule has 0 amide bonds. The van der Waals surface area contributed by atoms with Crippen LogP contribution in [0.3, 0.4) is 0 Å². The minimum atomic E-state index is 0.697. The van der Waals surface area contributed by atoms with Crippen LogP contribution in [0, 0.1) is 0 Å². The van der Waals surface area contributed by atoms with Crippen LogP contribution in [-0.2, 0) is 6.42 Å². The highest BCUT2D eigenvalue weighted by atomic mass is 16.5. The maximum atomic E-state index is 5.45. The molecule has 1 aromatic heterocycles. The number of aromatic nitrogens is 1. The Morgan fingerprint density at radius 1 is 1.35 bits per heavy atom. The van der Waals surface area contributed by atoms with Crippen LogP contribution < -0.4 is 10.1 Å². The first-order valence-electron chi connectivity index (χ1n) is 6.38. The van der Waals surface area contributed by atoms with Crippen LogP contribution >= 0.6 is 0 Å². The molecule has 1 fully saturated rings. The van der Waals surface area contributed by atoms with Crippen molar-refractivity contribution in [3.05, 3.63) is 24.0 Å². The van der Waals surface area contributed by atoms with Crippen LogP contribution in [0.1, 0.15) is 12.5 Å². The third-order valence-electron chi connectivity index (χ3n) is 3.01. The molecule has 0 saturated carbocycles. The summed E-state index contributed by atoms with van der Waals surface area (Å²) in [5.74, 6) is 0.880. The number of nitrogens with one attached hydrogen (secondary N) is 1. The van der Waals surface area contributed by atoms with Crippen LogP contribution in [0.2, 0.25) is 0 Å². The molecular formula is C13H21N3O. The topological polar surface area (TPSA) is 37.4 Å². The number of rotatable bonds is 5. The van der Waals surface area contributed by atoms with Crippen molar-refractivity contribution in [1.82, 2.24) is 15.2 Å². The molecule has 1 aliphatic rings. The Morgan fingerprint density at radius 3 is 2.94 bits per heavy atom. The maximum Gasteiger partial charge on any atom is 0.137 e. The lowest BCUT2D eigenvalue weighted by atomic mass is 10.2. The van der Waals surface area contributed by atoms with Crippen LogP contribution in [-0.4, -0.2) is 49.2 Å². The predicted molar refractivity (Wildman–Crippen MR) is 68.4 cm³/mol. The molecule has 0 aliphatic carbocycles. The van der Waals surface area contributed by atoms with Gasteiger partial charge >= 0.3 is 0 Å². The number of nitrogens with zero attached hydrogens (tertiary/aromatic N) is 2. The Bertz CT molecular complexity index is 337. The maximum absolute atomic E-state index is 5.45. The van der Waals surface area contributed by atoms with Gasteiger partial charge in [0, 0.05) is 38.9 Å². The van der Waals surface area contributed by atoms with E-state index in [2.05, 4.69) is 21.3 Å². The normalized spacial score (nSPS) is 17.0. The second-order valence-electron chi connectivity index (χ2n) is 4.30. The Morgan fingerprint density at radius 2 is 2.18 bits per heavy atom. The van der Waals surface area contributed by atoms with Crippen molar-refractivity contribution in [3.8, 4) is 5.75 Å². The second kappa shape index (κ2) is 6.57. The zero-order chi connectivity index (χ0) is 11.9. The van der Waals surface area contributed by atoms with E-state index in [1.54, 1.807) is 6.20 Å². The highest BCUT2D eigenvalue weighted by Crippen LogP contribution is 2.12. The van der Waals surface area contributed by atoms with E-state index in [0.717, 1.165) is 44.9 Å². The Labute approximate surface area is 103 Å². The van der Waals surface area contributed by atoms with Gasteiger partial charge in [0.05, 0.1) is 12.8 Å². The van der Waals surface area contributed by atoms with E-state index in [1.165, 1.54) is 5.56 Å². The van der Waals surface area contributed by atoms with Crippen molar-refractivity contribution in [3.63, 3.8) is 0 Å². The first-order chi connectivity index (χ1) is 8.38. The molecule has 2 heterocycles. The zero-order valence-electron chi connectivity index (χ0n) is 10.5. The molecule has 1 aliphatic heterocycles. The smallest absolute Gasteiger partial charge is 0.137 e. The Balaban J connectivity index is 1.83. The van der Waals surface area contributed by atoms with Gasteiger partial charge in [-0.1, -0.05) is 0 Å². The Kier molecular flexibility index (Phi) is 4.76. The summed E-state index contributed by atoms with van der Waals surface area (Å²) in [6, 6.07) is 2.10. The molecule has 0 bridgehead atoms. The van der Waals surface area contributed by atoms with Crippen molar-refractivity contribution < 1.29 is 4.74 Å². The summed E-state index contributed by atoms with van der Waals surface area (Å²) < 4.78 is 5.45. The van der Waals surface area contributed by atoms with Crippen molar-refractivity contribution in [1.29, 1.82) is 0 Å². The minimum absolute atomic E-state index is 0.697. The van der Waals surface area contributed by atoms with E-state index in [0.29, 0.717) is 6.61 Å². The average molecular weight is 235 g/mol. The summed E-state index contributed by atoms with van der Waals surface area (Å²) in [7, 11) is 0. The van der Waals surface area contributed by atoms with Crippen molar-refractivity contribution >= 4 is 0 Å². The second-order valence-corrected chi connectivity index (χ2v) is 4.30. The molecule has 4 nitrogen and oxygen atoms in total. The molecular weight excluding hydrogens is 214 g/mol. The van der Waals surface area contributed by atoms with Crippen LogP contribution in [0.5, 0.6) is 5.75 Å². The van der Waals surface area contributed by atoms with Gasteiger partial charge in [0.15, 0.2) is 0 Å². The largest absolute Gasteiger partial charge is 0.492 e. The van der Waals surface area contributed by atoms with E-state index in [1.807, 2.05) is 13.1 Å². The fourth-order valence-electron chi connectivity index (χ4n) is 2.07. The Hall–Kier alpha value is -1.13. The molecule has 0 radical (unpaired) electrons. The quantitative estimate of drug-likeness (QED) is 0.824. The van der Waals surface area contributed by atoms with E-state index in [4.69, 9.17) is 4.74 Å². The summed E-state index contributed by atoms with van der Waals surface area (Å²) in [4.78, 5) is 6.70. The molecule has 0 spiro atoms. The van der Waals surface area contributed by atoms with Gasteiger partial charge in [-0.05, 0) is 25.0 Å². The van der Waals surface area contributed by atoms with Crippen LogP contribution in [0.4, 0.5) is 0 Å². The predicted octanol–water partition coefficient (Wildman–Crippen LogP) is 0.928. The van der Waals surface area contributed by atoms with Crippen molar-refractivity contribution in [2.45, 2.75) is 13.3 Å². The molecule has 0 unspecified atom stereocenters. The molecule has 0 aromatic carbocycles. The summed E-state index contributed by atoms with van der Waals surface area (Å²) in [5.41, 5.74) is 1.26. The van der Waals surface area contributed by atoms with E-state index in [-0.39, 0.29) is 0 Å². The van der Waals surface area contributed by atoms with Gasteiger partial charge in [-0.25, -0.2) is 0 Å². The van der Waals surface area contributed by atoms with Crippen LogP contribution in [0.15, 0.2) is 18.5 Å². The lowest BCUT2D eigenvalue weighted by molar-refractivity contribution is 0.243. The minimum Gasteiger partial charge on any atom is -0.492 e. The van der Waals surface area contributed by atoms with Crippen molar-refractivity contribution in [2.24, 2.45) is 0 Å². The number of pyridine rings is 1. The van der Waals surface area contributed by atoms with Crippen molar-refractivity contribution in [2.75, 3.05) is 39.3 Å². The van der Waals surface area contributed by atoms with E-state index < -0.39 is 0 Å². The first kappa shape index (κ1) is 12.3. The van der Waals surface area contributed by atoms with Crippen LogP contribution in [0.25, 0.3) is 0 Å². The van der Waals surface area contributed by atoms with E-state index in [9.17, 15) is 0 Å². The van der Waals surface area contributed by atoms with Gasteiger partial charge in [-0.15, -0.1) is 0 Å². The highest BCUT2D eigenvalue weighted by molar-refractivity contribution is 5.23. The van der Waals surface area contributed by atoms with Gasteiger partial charge in [0.25, 0.3) is 0 Å². The lowest BCUT2D eigenvalue weighted by Gasteiger charge is -2.27. The summed E-state index contributed by atoms with van der Waals surface area (Å²) in [6.07, 6.45) is 4.76. The number of hydrogen-bond acceptors (Lipinski definition) is 4. The zero-order valence-corrected chi connectivity index (χ0v) is 10.5.